The lowest BCUT2D eigenvalue weighted by atomic mass is 10.2. The second-order valence-electron chi connectivity index (χ2n) is 4.55. The molecule has 1 aromatic carbocycles. The zero-order chi connectivity index (χ0) is 13.9. The van der Waals surface area contributed by atoms with Gasteiger partial charge in [-0.25, -0.2) is 4.98 Å². The van der Waals surface area contributed by atoms with Crippen LogP contribution in [0.1, 0.15) is 12.8 Å². The molecule has 2 heterocycles. The Labute approximate surface area is 121 Å². The second kappa shape index (κ2) is 5.63. The first-order valence-electron chi connectivity index (χ1n) is 6.55. The molecule has 2 aromatic rings. The Balaban J connectivity index is 1.87. The highest BCUT2D eigenvalue weighted by molar-refractivity contribution is 7.99. The van der Waals surface area contributed by atoms with Gasteiger partial charge in [-0.1, -0.05) is 11.8 Å². The normalized spacial score (nSPS) is 13.4. The van der Waals surface area contributed by atoms with Gasteiger partial charge in [-0.15, -0.1) is 0 Å². The fourth-order valence-corrected chi connectivity index (χ4v) is 3.08. The van der Waals surface area contributed by atoms with E-state index in [1.54, 1.807) is 11.8 Å². The molecular formula is C14H15N3O2S. The number of hydrogen-bond donors (Lipinski definition) is 0. The van der Waals surface area contributed by atoms with Gasteiger partial charge in [-0.3, -0.25) is 0 Å². The van der Waals surface area contributed by atoms with Gasteiger partial charge in [-0.05, 0) is 6.42 Å². The summed E-state index contributed by atoms with van der Waals surface area (Å²) in [6, 6.07) is 6.07. The van der Waals surface area contributed by atoms with Gasteiger partial charge in [0.05, 0.1) is 17.1 Å². The molecule has 0 saturated heterocycles. The van der Waals surface area contributed by atoms with Crippen LogP contribution in [-0.4, -0.2) is 28.5 Å². The van der Waals surface area contributed by atoms with E-state index in [-0.39, 0.29) is 0 Å². The van der Waals surface area contributed by atoms with E-state index in [4.69, 9.17) is 14.7 Å². The third-order valence-electron chi connectivity index (χ3n) is 3.17. The summed E-state index contributed by atoms with van der Waals surface area (Å²) < 4.78 is 13.2. The van der Waals surface area contributed by atoms with E-state index in [0.717, 1.165) is 39.9 Å². The molecule has 0 aliphatic carbocycles. The molecule has 0 radical (unpaired) electrons. The van der Waals surface area contributed by atoms with Crippen LogP contribution in [-0.2, 0) is 7.05 Å². The Bertz CT molecular complexity index is 675. The molecule has 0 bridgehead atoms. The number of imidazole rings is 1. The predicted octanol–water partition coefficient (Wildman–Crippen LogP) is 2.74. The summed E-state index contributed by atoms with van der Waals surface area (Å²) >= 11 is 1.67. The van der Waals surface area contributed by atoms with Crippen LogP contribution in [0.5, 0.6) is 11.5 Å². The molecule has 1 aromatic heterocycles. The van der Waals surface area contributed by atoms with Gasteiger partial charge in [0.1, 0.15) is 13.2 Å². The SMILES string of the molecule is Cn1c(SCCCC#N)nc2cc3c(cc21)OCCO3. The molecule has 0 amide bonds. The lowest BCUT2D eigenvalue weighted by molar-refractivity contribution is 0.172. The van der Waals surface area contributed by atoms with Crippen molar-refractivity contribution >= 4 is 22.8 Å². The average molecular weight is 289 g/mol. The van der Waals surface area contributed by atoms with Crippen LogP contribution in [0.15, 0.2) is 17.3 Å². The van der Waals surface area contributed by atoms with Crippen molar-refractivity contribution in [1.82, 2.24) is 9.55 Å². The fourth-order valence-electron chi connectivity index (χ4n) is 2.15. The van der Waals surface area contributed by atoms with Crippen LogP contribution in [0.25, 0.3) is 11.0 Å². The van der Waals surface area contributed by atoms with Crippen LogP contribution in [0.4, 0.5) is 0 Å². The standard InChI is InChI=1S/C14H15N3O2S/c1-17-11-9-13-12(18-5-6-19-13)8-10(11)16-14(17)20-7-3-2-4-15/h8-9H,2-3,5-7H2,1H3. The number of rotatable bonds is 4. The molecule has 5 nitrogen and oxygen atoms in total. The molecular weight excluding hydrogens is 274 g/mol. The number of benzene rings is 1. The van der Waals surface area contributed by atoms with E-state index in [9.17, 15) is 0 Å². The van der Waals surface area contributed by atoms with Crippen LogP contribution >= 0.6 is 11.8 Å². The zero-order valence-corrected chi connectivity index (χ0v) is 12.1. The minimum Gasteiger partial charge on any atom is -0.486 e. The average Bonchev–Trinajstić information content (AvgIpc) is 2.77. The maximum absolute atomic E-state index is 8.55. The van der Waals surface area contributed by atoms with E-state index in [1.165, 1.54) is 0 Å². The van der Waals surface area contributed by atoms with Crippen molar-refractivity contribution in [2.45, 2.75) is 18.0 Å². The van der Waals surface area contributed by atoms with Gasteiger partial charge in [0.2, 0.25) is 0 Å². The highest BCUT2D eigenvalue weighted by atomic mass is 32.2. The largest absolute Gasteiger partial charge is 0.486 e. The number of fused-ring (bicyclic) bond motifs is 2. The third-order valence-corrected chi connectivity index (χ3v) is 4.28. The Morgan fingerprint density at radius 1 is 1.35 bits per heavy atom. The van der Waals surface area contributed by atoms with Gasteiger partial charge in [0.15, 0.2) is 16.7 Å². The van der Waals surface area contributed by atoms with Crippen molar-refractivity contribution < 1.29 is 9.47 Å². The van der Waals surface area contributed by atoms with Crippen molar-refractivity contribution in [3.8, 4) is 17.6 Å². The summed E-state index contributed by atoms with van der Waals surface area (Å²) in [6.07, 6.45) is 1.47. The Morgan fingerprint density at radius 3 is 2.85 bits per heavy atom. The maximum atomic E-state index is 8.55. The Kier molecular flexibility index (Phi) is 3.70. The molecule has 1 aliphatic heterocycles. The molecule has 0 saturated carbocycles. The van der Waals surface area contributed by atoms with E-state index < -0.39 is 0 Å². The highest BCUT2D eigenvalue weighted by Gasteiger charge is 2.16. The van der Waals surface area contributed by atoms with Crippen molar-refractivity contribution in [3.05, 3.63) is 12.1 Å². The Morgan fingerprint density at radius 2 is 2.10 bits per heavy atom. The van der Waals surface area contributed by atoms with Crippen molar-refractivity contribution in [3.63, 3.8) is 0 Å². The monoisotopic (exact) mass is 289 g/mol. The van der Waals surface area contributed by atoms with Gasteiger partial charge >= 0.3 is 0 Å². The number of aryl methyl sites for hydroxylation is 1. The first-order valence-corrected chi connectivity index (χ1v) is 7.54. The topological polar surface area (TPSA) is 60.1 Å². The minimum atomic E-state index is 0.584. The lowest BCUT2D eigenvalue weighted by Gasteiger charge is -2.18. The van der Waals surface area contributed by atoms with E-state index in [1.807, 2.05) is 19.2 Å². The highest BCUT2D eigenvalue weighted by Crippen LogP contribution is 2.35. The van der Waals surface area contributed by atoms with E-state index in [2.05, 4.69) is 15.6 Å². The molecule has 0 unspecified atom stereocenters. The lowest BCUT2D eigenvalue weighted by Crippen LogP contribution is -2.15. The van der Waals surface area contributed by atoms with Crippen molar-refractivity contribution in [2.24, 2.45) is 7.05 Å². The molecule has 1 aliphatic rings. The predicted molar refractivity (Wildman–Crippen MR) is 77.3 cm³/mol. The first-order chi connectivity index (χ1) is 9.79. The number of nitriles is 1. The second-order valence-corrected chi connectivity index (χ2v) is 5.61. The van der Waals surface area contributed by atoms with Gasteiger partial charge < -0.3 is 14.0 Å². The first kappa shape index (κ1) is 13.1. The summed E-state index contributed by atoms with van der Waals surface area (Å²) in [5.74, 6) is 2.45. The van der Waals surface area contributed by atoms with Gasteiger partial charge in [0, 0.05) is 31.4 Å². The van der Waals surface area contributed by atoms with Crippen LogP contribution in [0.2, 0.25) is 0 Å². The zero-order valence-electron chi connectivity index (χ0n) is 11.3. The van der Waals surface area contributed by atoms with Crippen LogP contribution < -0.4 is 9.47 Å². The van der Waals surface area contributed by atoms with Crippen LogP contribution in [0.3, 0.4) is 0 Å². The van der Waals surface area contributed by atoms with Crippen molar-refractivity contribution in [2.75, 3.05) is 19.0 Å². The van der Waals surface area contributed by atoms with E-state index >= 15 is 0 Å². The maximum Gasteiger partial charge on any atom is 0.168 e. The van der Waals surface area contributed by atoms with Crippen LogP contribution in [0, 0.1) is 11.3 Å². The molecule has 20 heavy (non-hydrogen) atoms. The number of ether oxygens (including phenoxy) is 2. The van der Waals surface area contributed by atoms with Crippen molar-refractivity contribution in [1.29, 1.82) is 5.26 Å². The summed E-state index contributed by atoms with van der Waals surface area (Å²) in [5, 5.41) is 9.50. The number of thioether (sulfide) groups is 1. The fraction of sp³-hybridized carbons (Fsp3) is 0.429. The van der Waals surface area contributed by atoms with Gasteiger partial charge in [0.25, 0.3) is 0 Å². The Hall–Kier alpha value is -1.87. The molecule has 0 atom stereocenters. The summed E-state index contributed by atoms with van der Waals surface area (Å²) in [5.41, 5.74) is 1.96. The molecule has 0 fully saturated rings. The molecule has 0 spiro atoms. The van der Waals surface area contributed by atoms with E-state index in [0.29, 0.717) is 19.6 Å². The quantitative estimate of drug-likeness (QED) is 0.640. The number of unbranched alkanes of at least 4 members (excludes halogenated alkanes) is 1. The minimum absolute atomic E-state index is 0.584. The summed E-state index contributed by atoms with van der Waals surface area (Å²) in [6.45, 7) is 1.17. The summed E-state index contributed by atoms with van der Waals surface area (Å²) in [7, 11) is 2.00. The smallest absolute Gasteiger partial charge is 0.168 e. The summed E-state index contributed by atoms with van der Waals surface area (Å²) in [4.78, 5) is 4.63. The number of nitrogens with zero attached hydrogens (tertiary/aromatic N) is 3. The number of hydrogen-bond acceptors (Lipinski definition) is 5. The molecule has 0 N–H and O–H groups in total. The molecule has 6 heteroatoms. The van der Waals surface area contributed by atoms with Gasteiger partial charge in [-0.2, -0.15) is 5.26 Å². The third kappa shape index (κ3) is 2.41. The molecule has 3 rings (SSSR count). The number of aromatic nitrogens is 2. The molecule has 104 valence electrons.